The van der Waals surface area contributed by atoms with Crippen LogP contribution in [0.25, 0.3) is 0 Å². The van der Waals surface area contributed by atoms with Gasteiger partial charge in [0.05, 0.1) is 11.9 Å². The molecule has 2 heterocycles. The molecule has 0 atom stereocenters. The van der Waals surface area contributed by atoms with E-state index in [-0.39, 0.29) is 5.91 Å². The van der Waals surface area contributed by atoms with Crippen molar-refractivity contribution in [1.82, 2.24) is 10.1 Å². The molecule has 1 saturated carbocycles. The highest BCUT2D eigenvalue weighted by molar-refractivity contribution is 6.02. The Balaban J connectivity index is 1.58. The van der Waals surface area contributed by atoms with Crippen molar-refractivity contribution in [3.8, 4) is 0 Å². The lowest BCUT2D eigenvalue weighted by atomic mass is 10.1. The van der Waals surface area contributed by atoms with E-state index >= 15 is 0 Å². The van der Waals surface area contributed by atoms with Crippen molar-refractivity contribution in [3.05, 3.63) is 35.9 Å². The van der Waals surface area contributed by atoms with Crippen molar-refractivity contribution in [1.29, 1.82) is 0 Å². The Morgan fingerprint density at radius 3 is 2.61 bits per heavy atom. The van der Waals surface area contributed by atoms with Crippen LogP contribution in [0.5, 0.6) is 0 Å². The summed E-state index contributed by atoms with van der Waals surface area (Å²) in [4.78, 5) is 16.3. The first-order chi connectivity index (χ1) is 11.2. The molecule has 1 amide bonds. The van der Waals surface area contributed by atoms with E-state index < -0.39 is 0 Å². The summed E-state index contributed by atoms with van der Waals surface area (Å²) in [6, 6.07) is 5.80. The number of nitrogens with zero attached hydrogens (tertiary/aromatic N) is 2. The van der Waals surface area contributed by atoms with E-state index in [4.69, 9.17) is 4.52 Å². The quantitative estimate of drug-likeness (QED) is 0.840. The number of anilines is 2. The summed E-state index contributed by atoms with van der Waals surface area (Å²) >= 11 is 0. The van der Waals surface area contributed by atoms with Gasteiger partial charge in [-0.1, -0.05) is 30.8 Å². The van der Waals surface area contributed by atoms with Crippen molar-refractivity contribution >= 4 is 17.4 Å². The van der Waals surface area contributed by atoms with Crippen LogP contribution < -0.4 is 10.6 Å². The highest BCUT2D eigenvalue weighted by Crippen LogP contribution is 2.21. The standard InChI is InChI=1S/C17H22N4O2/c1-12-10-16(21-23-12)20-17(22)15-9-8-14(11-18-15)19-13-6-4-2-3-5-7-13/h8-11,13,19H,2-7H2,1H3,(H,20,21,22). The van der Waals surface area contributed by atoms with E-state index in [0.717, 1.165) is 5.69 Å². The van der Waals surface area contributed by atoms with E-state index in [9.17, 15) is 4.79 Å². The molecule has 0 aliphatic heterocycles. The third-order valence-electron chi connectivity index (χ3n) is 4.09. The highest BCUT2D eigenvalue weighted by Gasteiger charge is 2.13. The molecule has 122 valence electrons. The van der Waals surface area contributed by atoms with E-state index in [1.54, 1.807) is 25.3 Å². The Labute approximate surface area is 135 Å². The lowest BCUT2D eigenvalue weighted by Crippen LogP contribution is -2.19. The second-order valence-electron chi connectivity index (χ2n) is 6.04. The Hall–Kier alpha value is -2.37. The Morgan fingerprint density at radius 2 is 2.00 bits per heavy atom. The smallest absolute Gasteiger partial charge is 0.275 e. The van der Waals surface area contributed by atoms with Crippen LogP contribution in [0.4, 0.5) is 11.5 Å². The first-order valence-electron chi connectivity index (χ1n) is 8.18. The van der Waals surface area contributed by atoms with Crippen molar-refractivity contribution in [2.75, 3.05) is 10.6 Å². The van der Waals surface area contributed by atoms with Crippen LogP contribution in [0.2, 0.25) is 0 Å². The molecular formula is C17H22N4O2. The number of carbonyl (C=O) groups excluding carboxylic acids is 1. The molecular weight excluding hydrogens is 292 g/mol. The maximum atomic E-state index is 12.1. The van der Waals surface area contributed by atoms with Gasteiger partial charge in [-0.25, -0.2) is 4.98 Å². The fraction of sp³-hybridized carbons (Fsp3) is 0.471. The molecule has 0 spiro atoms. The molecule has 0 radical (unpaired) electrons. The fourth-order valence-corrected chi connectivity index (χ4v) is 2.88. The summed E-state index contributed by atoms with van der Waals surface area (Å²) in [6.07, 6.45) is 9.34. The van der Waals surface area contributed by atoms with Crippen molar-refractivity contribution in [3.63, 3.8) is 0 Å². The van der Waals surface area contributed by atoms with Gasteiger partial charge in [0.1, 0.15) is 11.5 Å². The minimum absolute atomic E-state index is 0.292. The van der Waals surface area contributed by atoms with Gasteiger partial charge < -0.3 is 15.2 Å². The SMILES string of the molecule is Cc1cc(NC(=O)c2ccc(NC3CCCCCC3)cn2)no1. The molecule has 0 unspecified atom stereocenters. The summed E-state index contributed by atoms with van der Waals surface area (Å²) in [5.41, 5.74) is 1.32. The summed E-state index contributed by atoms with van der Waals surface area (Å²) in [5, 5.41) is 9.92. The van der Waals surface area contributed by atoms with Crippen LogP contribution in [0.15, 0.2) is 28.9 Å². The van der Waals surface area contributed by atoms with Gasteiger partial charge in [-0.05, 0) is 31.9 Å². The predicted molar refractivity (Wildman–Crippen MR) is 88.5 cm³/mol. The molecule has 1 aliphatic rings. The molecule has 6 heteroatoms. The largest absolute Gasteiger partial charge is 0.381 e. The van der Waals surface area contributed by atoms with Crippen LogP contribution in [-0.4, -0.2) is 22.1 Å². The molecule has 6 nitrogen and oxygen atoms in total. The number of hydrogen-bond acceptors (Lipinski definition) is 5. The number of aryl methyl sites for hydroxylation is 1. The van der Waals surface area contributed by atoms with Gasteiger partial charge >= 0.3 is 0 Å². The van der Waals surface area contributed by atoms with Gasteiger partial charge in [0.2, 0.25) is 0 Å². The minimum Gasteiger partial charge on any atom is -0.381 e. The predicted octanol–water partition coefficient (Wildman–Crippen LogP) is 3.77. The van der Waals surface area contributed by atoms with Crippen LogP contribution in [0, 0.1) is 6.92 Å². The van der Waals surface area contributed by atoms with Crippen LogP contribution >= 0.6 is 0 Å². The second-order valence-corrected chi connectivity index (χ2v) is 6.04. The van der Waals surface area contributed by atoms with Crippen molar-refractivity contribution < 1.29 is 9.32 Å². The summed E-state index contributed by atoms with van der Waals surface area (Å²) in [6.45, 7) is 1.77. The van der Waals surface area contributed by atoms with Crippen LogP contribution in [0.3, 0.4) is 0 Å². The zero-order valence-corrected chi connectivity index (χ0v) is 13.3. The number of pyridine rings is 1. The molecule has 2 aromatic heterocycles. The topological polar surface area (TPSA) is 80.0 Å². The Bertz CT molecular complexity index is 643. The van der Waals surface area contributed by atoms with Gasteiger partial charge in [-0.2, -0.15) is 0 Å². The number of hydrogen-bond donors (Lipinski definition) is 2. The fourth-order valence-electron chi connectivity index (χ4n) is 2.88. The zero-order valence-electron chi connectivity index (χ0n) is 13.3. The van der Waals surface area contributed by atoms with Gasteiger partial charge in [0.15, 0.2) is 5.82 Å². The van der Waals surface area contributed by atoms with E-state index in [2.05, 4.69) is 20.8 Å². The number of rotatable bonds is 4. The zero-order chi connectivity index (χ0) is 16.1. The first kappa shape index (κ1) is 15.5. The second kappa shape index (κ2) is 7.26. The normalized spacial score (nSPS) is 15.9. The monoisotopic (exact) mass is 314 g/mol. The third kappa shape index (κ3) is 4.31. The van der Waals surface area contributed by atoms with Crippen molar-refractivity contribution in [2.45, 2.75) is 51.5 Å². The van der Waals surface area contributed by atoms with Crippen LogP contribution in [-0.2, 0) is 0 Å². The van der Waals surface area contributed by atoms with Gasteiger partial charge in [-0.15, -0.1) is 0 Å². The van der Waals surface area contributed by atoms with E-state index in [1.807, 2.05) is 6.07 Å². The maximum absolute atomic E-state index is 12.1. The Kier molecular flexibility index (Phi) is 4.90. The molecule has 23 heavy (non-hydrogen) atoms. The Morgan fingerprint density at radius 1 is 1.22 bits per heavy atom. The molecule has 1 aliphatic carbocycles. The lowest BCUT2D eigenvalue weighted by Gasteiger charge is -2.17. The molecule has 2 N–H and O–H groups in total. The summed E-state index contributed by atoms with van der Waals surface area (Å²) in [5.74, 6) is 0.755. The molecule has 0 saturated heterocycles. The van der Waals surface area contributed by atoms with E-state index in [0.29, 0.717) is 23.3 Å². The molecule has 2 aromatic rings. The molecule has 0 aromatic carbocycles. The average molecular weight is 314 g/mol. The minimum atomic E-state index is -0.292. The average Bonchev–Trinajstić information content (AvgIpc) is 2.80. The number of nitrogens with one attached hydrogen (secondary N) is 2. The summed E-state index contributed by atoms with van der Waals surface area (Å²) < 4.78 is 4.92. The lowest BCUT2D eigenvalue weighted by molar-refractivity contribution is 0.102. The highest BCUT2D eigenvalue weighted by atomic mass is 16.5. The van der Waals surface area contributed by atoms with Crippen LogP contribution in [0.1, 0.15) is 54.8 Å². The van der Waals surface area contributed by atoms with Gasteiger partial charge in [0.25, 0.3) is 5.91 Å². The number of carbonyl (C=O) groups is 1. The van der Waals surface area contributed by atoms with E-state index in [1.165, 1.54) is 38.5 Å². The molecule has 3 rings (SSSR count). The number of amides is 1. The first-order valence-corrected chi connectivity index (χ1v) is 8.18. The van der Waals surface area contributed by atoms with Gasteiger partial charge in [0, 0.05) is 12.1 Å². The van der Waals surface area contributed by atoms with Gasteiger partial charge in [-0.3, -0.25) is 4.79 Å². The molecule has 0 bridgehead atoms. The number of aromatic nitrogens is 2. The maximum Gasteiger partial charge on any atom is 0.275 e. The summed E-state index contributed by atoms with van der Waals surface area (Å²) in [7, 11) is 0. The van der Waals surface area contributed by atoms with Crippen molar-refractivity contribution in [2.24, 2.45) is 0 Å². The third-order valence-corrected chi connectivity index (χ3v) is 4.09. The molecule has 1 fully saturated rings.